The molecule has 0 bridgehead atoms. The summed E-state index contributed by atoms with van der Waals surface area (Å²) in [4.78, 5) is 9.81. The van der Waals surface area contributed by atoms with E-state index in [9.17, 15) is 4.79 Å². The zero-order valence-electron chi connectivity index (χ0n) is 12.1. The van der Waals surface area contributed by atoms with Crippen molar-refractivity contribution in [1.82, 2.24) is 0 Å². The van der Waals surface area contributed by atoms with Crippen molar-refractivity contribution in [1.29, 1.82) is 0 Å². The minimum atomic E-state index is 0.255. The standard InChI is InChI=1S/C6H14.C4H8O2.C4H8O/c1-3-5-6-4-2;1-2-6-4-3-5-1;1-3-4(2)5/h3-6H2,1-2H3;1-4H2;3H2,1-2H3. The van der Waals surface area contributed by atoms with Crippen molar-refractivity contribution in [3.63, 3.8) is 0 Å². The molecule has 0 amide bonds. The van der Waals surface area contributed by atoms with Crippen LogP contribution in [0.1, 0.15) is 59.8 Å². The fraction of sp³-hybridized carbons (Fsp3) is 0.929. The zero-order chi connectivity index (χ0) is 13.4. The van der Waals surface area contributed by atoms with Crippen LogP contribution in [0, 0.1) is 0 Å². The van der Waals surface area contributed by atoms with Crippen molar-refractivity contribution in [3.05, 3.63) is 0 Å². The maximum Gasteiger partial charge on any atom is 0.129 e. The first-order chi connectivity index (χ1) is 8.18. The topological polar surface area (TPSA) is 35.5 Å². The summed E-state index contributed by atoms with van der Waals surface area (Å²) in [5.74, 6) is 0.255. The predicted molar refractivity (Wildman–Crippen MR) is 72.4 cm³/mol. The largest absolute Gasteiger partial charge is 0.377 e. The van der Waals surface area contributed by atoms with Crippen LogP contribution >= 0.6 is 0 Å². The molecule has 1 aliphatic heterocycles. The molecule has 0 radical (unpaired) electrons. The monoisotopic (exact) mass is 246 g/mol. The highest BCUT2D eigenvalue weighted by Gasteiger charge is 1.94. The second kappa shape index (κ2) is 18.0. The van der Waals surface area contributed by atoms with E-state index in [-0.39, 0.29) is 5.78 Å². The van der Waals surface area contributed by atoms with E-state index in [1.54, 1.807) is 6.92 Å². The molecule has 1 aliphatic rings. The van der Waals surface area contributed by atoms with Gasteiger partial charge in [-0.25, -0.2) is 0 Å². The van der Waals surface area contributed by atoms with Crippen molar-refractivity contribution >= 4 is 5.78 Å². The number of ether oxygens (including phenoxy) is 2. The van der Waals surface area contributed by atoms with Gasteiger partial charge in [-0.1, -0.05) is 46.5 Å². The Morgan fingerprint density at radius 2 is 1.18 bits per heavy atom. The van der Waals surface area contributed by atoms with Gasteiger partial charge in [0.15, 0.2) is 0 Å². The molecule has 1 fully saturated rings. The third kappa shape index (κ3) is 25.7. The quantitative estimate of drug-likeness (QED) is 0.711. The van der Waals surface area contributed by atoms with E-state index in [1.807, 2.05) is 6.92 Å². The van der Waals surface area contributed by atoms with Gasteiger partial charge in [-0.15, -0.1) is 0 Å². The van der Waals surface area contributed by atoms with Gasteiger partial charge in [0.2, 0.25) is 0 Å². The Morgan fingerprint density at radius 1 is 0.882 bits per heavy atom. The Labute approximate surface area is 107 Å². The highest BCUT2D eigenvalue weighted by atomic mass is 16.6. The molecule has 3 nitrogen and oxygen atoms in total. The van der Waals surface area contributed by atoms with Crippen LogP contribution in [-0.4, -0.2) is 32.2 Å². The zero-order valence-corrected chi connectivity index (χ0v) is 12.1. The average Bonchev–Trinajstić information content (AvgIpc) is 2.39. The Kier molecular flexibility index (Phi) is 20.0. The maximum atomic E-state index is 9.81. The van der Waals surface area contributed by atoms with E-state index in [2.05, 4.69) is 13.8 Å². The molecule has 0 aliphatic carbocycles. The van der Waals surface area contributed by atoms with Crippen LogP contribution in [0.2, 0.25) is 0 Å². The van der Waals surface area contributed by atoms with Crippen LogP contribution < -0.4 is 0 Å². The van der Waals surface area contributed by atoms with E-state index in [4.69, 9.17) is 9.47 Å². The van der Waals surface area contributed by atoms with Crippen LogP contribution in [-0.2, 0) is 14.3 Å². The fourth-order valence-electron chi connectivity index (χ4n) is 0.940. The number of hydrogen-bond acceptors (Lipinski definition) is 3. The first-order valence-corrected chi connectivity index (χ1v) is 6.83. The van der Waals surface area contributed by atoms with Crippen molar-refractivity contribution < 1.29 is 14.3 Å². The molecule has 3 heteroatoms. The summed E-state index contributed by atoms with van der Waals surface area (Å²) in [7, 11) is 0. The lowest BCUT2D eigenvalue weighted by Crippen LogP contribution is -2.16. The SMILES string of the molecule is C1COCCO1.CCC(C)=O.CCCCCC. The van der Waals surface area contributed by atoms with Crippen LogP contribution in [0.3, 0.4) is 0 Å². The molecule has 0 N–H and O–H groups in total. The third-order valence-corrected chi connectivity index (χ3v) is 2.20. The summed E-state index contributed by atoms with van der Waals surface area (Å²) in [6.07, 6.45) is 6.20. The molecule has 1 rings (SSSR count). The van der Waals surface area contributed by atoms with Crippen molar-refractivity contribution in [2.75, 3.05) is 26.4 Å². The van der Waals surface area contributed by atoms with Crippen molar-refractivity contribution in [3.8, 4) is 0 Å². The first kappa shape index (κ1) is 18.9. The molecule has 0 aromatic rings. The highest BCUT2D eigenvalue weighted by molar-refractivity contribution is 5.74. The van der Waals surface area contributed by atoms with Crippen LogP contribution in [0.15, 0.2) is 0 Å². The molecule has 1 heterocycles. The molecule has 1 saturated heterocycles. The smallest absolute Gasteiger partial charge is 0.129 e. The molecule has 0 saturated carbocycles. The summed E-state index contributed by atoms with van der Waals surface area (Å²) in [6, 6.07) is 0. The lowest BCUT2D eigenvalue weighted by molar-refractivity contribution is -0.116. The van der Waals surface area contributed by atoms with E-state index in [0.717, 1.165) is 26.4 Å². The summed E-state index contributed by atoms with van der Waals surface area (Å²) in [5.41, 5.74) is 0. The number of carbonyl (C=O) groups is 1. The number of ketones is 1. The van der Waals surface area contributed by atoms with Gasteiger partial charge in [-0.2, -0.15) is 0 Å². The molecule has 0 unspecified atom stereocenters. The summed E-state index contributed by atoms with van der Waals surface area (Å²) in [5, 5.41) is 0. The molecule has 104 valence electrons. The third-order valence-electron chi connectivity index (χ3n) is 2.20. The van der Waals surface area contributed by atoms with Crippen molar-refractivity contribution in [2.24, 2.45) is 0 Å². The van der Waals surface area contributed by atoms with E-state index in [1.165, 1.54) is 25.7 Å². The fourth-order valence-corrected chi connectivity index (χ4v) is 0.940. The Morgan fingerprint density at radius 3 is 1.29 bits per heavy atom. The number of carbonyl (C=O) groups excluding carboxylic acids is 1. The van der Waals surface area contributed by atoms with Gasteiger partial charge >= 0.3 is 0 Å². The normalized spacial score (nSPS) is 13.9. The number of unbranched alkanes of at least 4 members (excludes halogenated alkanes) is 3. The van der Waals surface area contributed by atoms with E-state index in [0.29, 0.717) is 6.42 Å². The lowest BCUT2D eigenvalue weighted by Gasteiger charge is -2.09. The van der Waals surface area contributed by atoms with Gasteiger partial charge in [-0.3, -0.25) is 0 Å². The molecular formula is C14H30O3. The van der Waals surface area contributed by atoms with Gasteiger partial charge in [0.1, 0.15) is 5.78 Å². The van der Waals surface area contributed by atoms with Crippen LogP contribution in [0.5, 0.6) is 0 Å². The van der Waals surface area contributed by atoms with Gasteiger partial charge in [-0.05, 0) is 6.92 Å². The van der Waals surface area contributed by atoms with Crippen LogP contribution in [0.4, 0.5) is 0 Å². The molecular weight excluding hydrogens is 216 g/mol. The van der Waals surface area contributed by atoms with Crippen molar-refractivity contribution in [2.45, 2.75) is 59.8 Å². The second-order valence-electron chi connectivity index (χ2n) is 3.99. The summed E-state index contributed by atoms with van der Waals surface area (Å²) in [6.45, 7) is 11.0. The minimum absolute atomic E-state index is 0.255. The number of hydrogen-bond donors (Lipinski definition) is 0. The summed E-state index contributed by atoms with van der Waals surface area (Å²) >= 11 is 0. The average molecular weight is 246 g/mol. The van der Waals surface area contributed by atoms with E-state index >= 15 is 0 Å². The Bertz CT molecular complexity index is 127. The van der Waals surface area contributed by atoms with Gasteiger partial charge in [0, 0.05) is 6.42 Å². The number of Topliss-reactive ketones (excluding diaryl/α,β-unsaturated/α-hetero) is 1. The van der Waals surface area contributed by atoms with Gasteiger partial charge < -0.3 is 14.3 Å². The Hall–Kier alpha value is -0.410. The second-order valence-corrected chi connectivity index (χ2v) is 3.99. The first-order valence-electron chi connectivity index (χ1n) is 6.83. The molecule has 0 spiro atoms. The molecule has 17 heavy (non-hydrogen) atoms. The highest BCUT2D eigenvalue weighted by Crippen LogP contribution is 1.95. The predicted octanol–water partition coefficient (Wildman–Crippen LogP) is 3.61. The summed E-state index contributed by atoms with van der Waals surface area (Å²) < 4.78 is 9.89. The molecule has 0 atom stereocenters. The van der Waals surface area contributed by atoms with Gasteiger partial charge in [0.25, 0.3) is 0 Å². The molecule has 0 aromatic carbocycles. The minimum Gasteiger partial charge on any atom is -0.377 e. The number of rotatable bonds is 4. The van der Waals surface area contributed by atoms with Gasteiger partial charge in [0.05, 0.1) is 26.4 Å². The van der Waals surface area contributed by atoms with Crippen LogP contribution in [0.25, 0.3) is 0 Å². The lowest BCUT2D eigenvalue weighted by atomic mass is 10.2. The molecule has 0 aromatic heterocycles. The maximum absolute atomic E-state index is 9.81. The van der Waals surface area contributed by atoms with E-state index < -0.39 is 0 Å². The Balaban J connectivity index is 0.